The Hall–Kier alpha value is -1.32. The zero-order valence-corrected chi connectivity index (χ0v) is 12.0. The van der Waals surface area contributed by atoms with Gasteiger partial charge in [-0.25, -0.2) is 4.98 Å². The first kappa shape index (κ1) is 14.1. The summed E-state index contributed by atoms with van der Waals surface area (Å²) >= 11 is 5.94. The van der Waals surface area contributed by atoms with Crippen molar-refractivity contribution < 1.29 is 5.11 Å². The Morgan fingerprint density at radius 3 is 2.74 bits per heavy atom. The number of aromatic nitrogens is 1. The van der Waals surface area contributed by atoms with Gasteiger partial charge in [-0.15, -0.1) is 0 Å². The minimum absolute atomic E-state index is 0.188. The molecular weight excluding hydrogens is 260 g/mol. The maximum Gasteiger partial charge on any atom is 0.126 e. The first-order chi connectivity index (χ1) is 9.10. The minimum atomic E-state index is 0.188. The molecule has 19 heavy (non-hydrogen) atoms. The average Bonchev–Trinajstić information content (AvgIpc) is 2.39. The largest absolute Gasteiger partial charge is 0.396 e. The van der Waals surface area contributed by atoms with E-state index in [0.29, 0.717) is 5.92 Å². The molecule has 3 nitrogen and oxygen atoms in total. The van der Waals surface area contributed by atoms with Gasteiger partial charge in [-0.05, 0) is 36.2 Å². The van der Waals surface area contributed by atoms with E-state index in [1.807, 2.05) is 30.3 Å². The van der Waals surface area contributed by atoms with Crippen LogP contribution in [-0.2, 0) is 0 Å². The second-order valence-corrected chi connectivity index (χ2v) is 5.54. The molecule has 0 fully saturated rings. The molecule has 1 aromatic heterocycles. The summed E-state index contributed by atoms with van der Waals surface area (Å²) in [4.78, 5) is 4.53. The number of nitrogens with one attached hydrogen (secondary N) is 1. The number of benzene rings is 1. The highest BCUT2D eigenvalue weighted by molar-refractivity contribution is 6.31. The number of anilines is 1. The third kappa shape index (κ3) is 3.58. The number of hydrogen-bond donors (Lipinski definition) is 2. The normalized spacial score (nSPS) is 12.9. The maximum absolute atomic E-state index is 9.30. The summed E-state index contributed by atoms with van der Waals surface area (Å²) in [7, 11) is 0. The summed E-state index contributed by atoms with van der Waals surface area (Å²) in [6, 6.07) is 9.59. The lowest BCUT2D eigenvalue weighted by Crippen LogP contribution is -2.23. The van der Waals surface area contributed by atoms with E-state index in [1.54, 1.807) is 0 Å². The van der Waals surface area contributed by atoms with Gasteiger partial charge in [0.2, 0.25) is 0 Å². The van der Waals surface area contributed by atoms with Gasteiger partial charge >= 0.3 is 0 Å². The van der Waals surface area contributed by atoms with Gasteiger partial charge in [-0.2, -0.15) is 0 Å². The first-order valence-electron chi connectivity index (χ1n) is 6.51. The van der Waals surface area contributed by atoms with Crippen molar-refractivity contribution in [2.45, 2.75) is 13.8 Å². The third-order valence-corrected chi connectivity index (χ3v) is 3.61. The summed E-state index contributed by atoms with van der Waals surface area (Å²) in [5.41, 5.74) is 0.916. The quantitative estimate of drug-likeness (QED) is 0.879. The molecule has 1 aromatic carbocycles. The molecule has 0 bridgehead atoms. The molecule has 0 unspecified atom stereocenters. The zero-order valence-electron chi connectivity index (χ0n) is 11.2. The van der Waals surface area contributed by atoms with Crippen LogP contribution in [0.2, 0.25) is 5.02 Å². The maximum atomic E-state index is 9.30. The van der Waals surface area contributed by atoms with Crippen molar-refractivity contribution in [2.24, 2.45) is 11.8 Å². The molecule has 4 heteroatoms. The fourth-order valence-corrected chi connectivity index (χ4v) is 2.12. The van der Waals surface area contributed by atoms with Gasteiger partial charge in [0.1, 0.15) is 5.82 Å². The summed E-state index contributed by atoms with van der Waals surface area (Å²) in [5, 5.41) is 14.3. The van der Waals surface area contributed by atoms with E-state index in [1.165, 1.54) is 0 Å². The van der Waals surface area contributed by atoms with Gasteiger partial charge in [0.15, 0.2) is 0 Å². The monoisotopic (exact) mass is 278 g/mol. The number of nitrogens with zero attached hydrogens (tertiary/aromatic N) is 1. The molecular formula is C15H19ClN2O. The fraction of sp³-hybridized carbons (Fsp3) is 0.400. The highest BCUT2D eigenvalue weighted by Gasteiger charge is 2.11. The van der Waals surface area contributed by atoms with Crippen LogP contribution in [-0.4, -0.2) is 23.2 Å². The molecule has 1 heterocycles. The van der Waals surface area contributed by atoms with E-state index in [4.69, 9.17) is 11.6 Å². The van der Waals surface area contributed by atoms with E-state index in [0.717, 1.165) is 28.3 Å². The van der Waals surface area contributed by atoms with Crippen LogP contribution < -0.4 is 5.32 Å². The van der Waals surface area contributed by atoms with Crippen LogP contribution in [0.5, 0.6) is 0 Å². The molecule has 2 rings (SSSR count). The van der Waals surface area contributed by atoms with Crippen LogP contribution in [0.3, 0.4) is 0 Å². The van der Waals surface area contributed by atoms with E-state index >= 15 is 0 Å². The number of aliphatic hydroxyl groups excluding tert-OH is 1. The van der Waals surface area contributed by atoms with Gasteiger partial charge < -0.3 is 10.4 Å². The molecule has 102 valence electrons. The molecule has 0 aliphatic rings. The second-order valence-electron chi connectivity index (χ2n) is 5.10. The van der Waals surface area contributed by atoms with E-state index < -0.39 is 0 Å². The lowest BCUT2D eigenvalue weighted by atomic mass is 9.97. The number of fused-ring (bicyclic) bond motifs is 1. The smallest absolute Gasteiger partial charge is 0.126 e. The third-order valence-electron chi connectivity index (χ3n) is 3.37. The molecule has 2 N–H and O–H groups in total. The Balaban J connectivity index is 2.11. The van der Waals surface area contributed by atoms with Crippen LogP contribution in [0.25, 0.3) is 10.9 Å². The van der Waals surface area contributed by atoms with Crippen molar-refractivity contribution in [3.8, 4) is 0 Å². The molecule has 0 amide bonds. The van der Waals surface area contributed by atoms with Gasteiger partial charge in [0.05, 0.1) is 5.52 Å². The van der Waals surface area contributed by atoms with Crippen molar-refractivity contribution in [3.63, 3.8) is 0 Å². The van der Waals surface area contributed by atoms with Crippen LogP contribution in [0.4, 0.5) is 5.82 Å². The summed E-state index contributed by atoms with van der Waals surface area (Å²) in [6.07, 6.45) is 0. The molecule has 2 aromatic rings. The zero-order chi connectivity index (χ0) is 13.8. The molecule has 1 atom stereocenters. The lowest BCUT2D eigenvalue weighted by Gasteiger charge is -2.19. The Labute approximate surface area is 118 Å². The highest BCUT2D eigenvalue weighted by Crippen LogP contribution is 2.20. The van der Waals surface area contributed by atoms with E-state index in [2.05, 4.69) is 24.1 Å². The van der Waals surface area contributed by atoms with Gasteiger partial charge in [-0.1, -0.05) is 25.4 Å². The minimum Gasteiger partial charge on any atom is -0.396 e. The van der Waals surface area contributed by atoms with E-state index in [-0.39, 0.29) is 12.5 Å². The summed E-state index contributed by atoms with van der Waals surface area (Å²) < 4.78 is 0. The number of halogens is 1. The number of aliphatic hydroxyl groups is 1. The summed E-state index contributed by atoms with van der Waals surface area (Å²) in [6.45, 7) is 5.13. The first-order valence-corrected chi connectivity index (χ1v) is 6.89. The molecule has 0 spiro atoms. The molecule has 0 aliphatic carbocycles. The van der Waals surface area contributed by atoms with Crippen LogP contribution in [0.15, 0.2) is 30.3 Å². The number of pyridine rings is 1. The molecule has 0 saturated carbocycles. The van der Waals surface area contributed by atoms with Crippen molar-refractivity contribution in [1.82, 2.24) is 4.98 Å². The van der Waals surface area contributed by atoms with Crippen molar-refractivity contribution in [2.75, 3.05) is 18.5 Å². The molecule has 0 aliphatic heterocycles. The van der Waals surface area contributed by atoms with Gasteiger partial charge in [0, 0.05) is 29.5 Å². The molecule has 0 saturated heterocycles. The van der Waals surface area contributed by atoms with Gasteiger partial charge in [-0.3, -0.25) is 0 Å². The topological polar surface area (TPSA) is 45.1 Å². The van der Waals surface area contributed by atoms with Crippen molar-refractivity contribution in [3.05, 3.63) is 35.4 Å². The van der Waals surface area contributed by atoms with Crippen LogP contribution in [0, 0.1) is 11.8 Å². The Morgan fingerprint density at radius 1 is 1.26 bits per heavy atom. The SMILES string of the molecule is CC(C)[C@H](CO)CNc1ccc2cc(Cl)ccc2n1. The Bertz CT molecular complexity index is 557. The predicted molar refractivity (Wildman–Crippen MR) is 80.7 cm³/mol. The standard InChI is InChI=1S/C15H19ClN2O/c1-10(2)12(9-19)8-17-15-6-3-11-7-13(16)4-5-14(11)18-15/h3-7,10,12,19H,8-9H2,1-2H3,(H,17,18)/t12-/m0/s1. The Kier molecular flexibility index (Phi) is 4.61. The lowest BCUT2D eigenvalue weighted by molar-refractivity contribution is 0.198. The van der Waals surface area contributed by atoms with Gasteiger partial charge in [0.25, 0.3) is 0 Å². The van der Waals surface area contributed by atoms with E-state index in [9.17, 15) is 5.11 Å². The highest BCUT2D eigenvalue weighted by atomic mass is 35.5. The van der Waals surface area contributed by atoms with Crippen LogP contribution in [0.1, 0.15) is 13.8 Å². The fourth-order valence-electron chi connectivity index (χ4n) is 1.94. The number of hydrogen-bond acceptors (Lipinski definition) is 3. The average molecular weight is 279 g/mol. The predicted octanol–water partition coefficient (Wildman–Crippen LogP) is 3.56. The molecule has 0 radical (unpaired) electrons. The van der Waals surface area contributed by atoms with Crippen LogP contribution >= 0.6 is 11.6 Å². The summed E-state index contributed by atoms with van der Waals surface area (Å²) in [5.74, 6) is 1.51. The Morgan fingerprint density at radius 2 is 2.05 bits per heavy atom. The van der Waals surface area contributed by atoms with Crippen molar-refractivity contribution in [1.29, 1.82) is 0 Å². The van der Waals surface area contributed by atoms with Crippen molar-refractivity contribution >= 4 is 28.3 Å². The second kappa shape index (κ2) is 6.22. The number of rotatable bonds is 5.